The number of aromatic hydroxyl groups is 1. The fraction of sp³-hybridized carbons (Fsp3) is 0.261. The van der Waals surface area contributed by atoms with Crippen molar-refractivity contribution in [3.63, 3.8) is 0 Å². The zero-order chi connectivity index (χ0) is 20.1. The Kier molecular flexibility index (Phi) is 4.01. The average molecular weight is 388 g/mol. The molecule has 1 saturated carbocycles. The van der Waals surface area contributed by atoms with E-state index in [1.165, 1.54) is 11.0 Å². The molecule has 2 fully saturated rings. The van der Waals surface area contributed by atoms with Gasteiger partial charge in [0.25, 0.3) is 0 Å². The second-order valence-corrected chi connectivity index (χ2v) is 7.92. The van der Waals surface area contributed by atoms with E-state index in [1.54, 1.807) is 42.5 Å². The van der Waals surface area contributed by atoms with E-state index in [0.717, 1.165) is 12.0 Å². The van der Waals surface area contributed by atoms with Crippen LogP contribution < -0.4 is 10.2 Å². The molecule has 6 nitrogen and oxygen atoms in total. The summed E-state index contributed by atoms with van der Waals surface area (Å²) in [4.78, 5) is 39.3. The van der Waals surface area contributed by atoms with Gasteiger partial charge in [-0.1, -0.05) is 36.4 Å². The number of hydrogen-bond acceptors (Lipinski definition) is 4. The molecule has 29 heavy (non-hydrogen) atoms. The van der Waals surface area contributed by atoms with Crippen LogP contribution in [0.3, 0.4) is 0 Å². The average Bonchev–Trinajstić information content (AvgIpc) is 3.38. The molecule has 3 aliphatic rings. The lowest BCUT2D eigenvalue weighted by atomic mass is 9.85. The minimum absolute atomic E-state index is 0.0104. The van der Waals surface area contributed by atoms with Crippen LogP contribution in [0.25, 0.3) is 0 Å². The first-order chi connectivity index (χ1) is 14.0. The number of carbonyl (C=O) groups is 3. The summed E-state index contributed by atoms with van der Waals surface area (Å²) >= 11 is 0. The van der Waals surface area contributed by atoms with Crippen LogP contribution in [0.2, 0.25) is 0 Å². The first-order valence-corrected chi connectivity index (χ1v) is 9.76. The van der Waals surface area contributed by atoms with E-state index in [2.05, 4.69) is 17.5 Å². The van der Waals surface area contributed by atoms with Crippen LogP contribution >= 0.6 is 0 Å². The Morgan fingerprint density at radius 1 is 0.966 bits per heavy atom. The molecular formula is C23H20N2O4. The zero-order valence-corrected chi connectivity index (χ0v) is 15.6. The quantitative estimate of drug-likeness (QED) is 0.479. The lowest BCUT2D eigenvalue weighted by molar-refractivity contribution is -0.123. The maximum absolute atomic E-state index is 12.9. The second kappa shape index (κ2) is 6.58. The number of benzene rings is 2. The van der Waals surface area contributed by atoms with E-state index < -0.39 is 0 Å². The highest BCUT2D eigenvalue weighted by Crippen LogP contribution is 2.53. The molecule has 2 bridgehead atoms. The Hall–Kier alpha value is -3.41. The smallest absolute Gasteiger partial charge is 0.238 e. The Bertz CT molecular complexity index is 1010. The van der Waals surface area contributed by atoms with Crippen molar-refractivity contribution in [3.05, 3.63) is 66.2 Å². The molecule has 1 heterocycles. The summed E-state index contributed by atoms with van der Waals surface area (Å²) in [5.74, 6) is -0.541. The Labute approximate surface area is 167 Å². The first-order valence-electron chi connectivity index (χ1n) is 9.76. The van der Waals surface area contributed by atoms with Gasteiger partial charge in [-0.05, 0) is 48.1 Å². The lowest BCUT2D eigenvalue weighted by Gasteiger charge is -2.17. The maximum Gasteiger partial charge on any atom is 0.238 e. The van der Waals surface area contributed by atoms with Crippen molar-refractivity contribution in [1.29, 1.82) is 0 Å². The van der Waals surface area contributed by atoms with E-state index in [4.69, 9.17) is 0 Å². The van der Waals surface area contributed by atoms with E-state index in [-0.39, 0.29) is 53.6 Å². The van der Waals surface area contributed by atoms with Crippen molar-refractivity contribution in [3.8, 4) is 5.75 Å². The topological polar surface area (TPSA) is 86.7 Å². The van der Waals surface area contributed by atoms with Crippen LogP contribution in [0.1, 0.15) is 12.0 Å². The van der Waals surface area contributed by atoms with Crippen LogP contribution in [0.5, 0.6) is 5.75 Å². The number of phenolic OH excluding ortho intramolecular Hbond substituents is 1. The van der Waals surface area contributed by atoms with E-state index >= 15 is 0 Å². The normalized spacial score (nSPS) is 26.8. The van der Waals surface area contributed by atoms with Gasteiger partial charge in [0.05, 0.1) is 29.6 Å². The van der Waals surface area contributed by atoms with Crippen molar-refractivity contribution in [1.82, 2.24) is 0 Å². The lowest BCUT2D eigenvalue weighted by Crippen LogP contribution is -2.32. The highest BCUT2D eigenvalue weighted by Gasteiger charge is 2.59. The van der Waals surface area contributed by atoms with Gasteiger partial charge in [-0.15, -0.1) is 0 Å². The van der Waals surface area contributed by atoms with Crippen LogP contribution in [-0.2, 0) is 20.8 Å². The van der Waals surface area contributed by atoms with Crippen LogP contribution in [0.15, 0.2) is 60.7 Å². The van der Waals surface area contributed by atoms with Gasteiger partial charge in [0.2, 0.25) is 17.7 Å². The van der Waals surface area contributed by atoms with Crippen LogP contribution in [-0.4, -0.2) is 22.8 Å². The van der Waals surface area contributed by atoms with Crippen molar-refractivity contribution >= 4 is 29.1 Å². The zero-order valence-electron chi connectivity index (χ0n) is 15.6. The number of imide groups is 1. The molecule has 5 rings (SSSR count). The molecule has 1 saturated heterocycles. The molecule has 0 radical (unpaired) electrons. The van der Waals surface area contributed by atoms with Gasteiger partial charge in [0, 0.05) is 0 Å². The van der Waals surface area contributed by atoms with Crippen molar-refractivity contribution < 1.29 is 19.5 Å². The van der Waals surface area contributed by atoms with E-state index in [9.17, 15) is 19.5 Å². The van der Waals surface area contributed by atoms with E-state index in [1.807, 2.05) is 0 Å². The first kappa shape index (κ1) is 17.7. The minimum atomic E-state index is -0.259. The largest absolute Gasteiger partial charge is 0.506 e. The Morgan fingerprint density at radius 3 is 2.21 bits per heavy atom. The number of carbonyl (C=O) groups excluding carboxylic acids is 3. The molecule has 4 unspecified atom stereocenters. The molecule has 2 aromatic carbocycles. The summed E-state index contributed by atoms with van der Waals surface area (Å²) < 4.78 is 0. The minimum Gasteiger partial charge on any atom is -0.506 e. The summed E-state index contributed by atoms with van der Waals surface area (Å²) in [5.41, 5.74) is 1.67. The standard InChI is InChI=1S/C23H20N2O4/c26-18-4-2-1-3-17(18)24-19(27)11-13-5-9-16(10-6-13)25-22(28)20-14-7-8-15(12-14)21(20)23(25)29/h1-10,14-15,20-21,26H,11-12H2,(H,24,27). The SMILES string of the molecule is O=C(Cc1ccc(N2C(=O)C3C4C=CC(C4)C3C2=O)cc1)Nc1ccccc1O. The Balaban J connectivity index is 1.29. The predicted molar refractivity (Wildman–Crippen MR) is 107 cm³/mol. The number of allylic oxidation sites excluding steroid dienone is 2. The molecular weight excluding hydrogens is 368 g/mol. The molecule has 3 amide bonds. The van der Waals surface area contributed by atoms with E-state index in [0.29, 0.717) is 11.4 Å². The van der Waals surface area contributed by atoms with Gasteiger partial charge in [0.1, 0.15) is 5.75 Å². The number of amides is 3. The van der Waals surface area contributed by atoms with Gasteiger partial charge in [-0.2, -0.15) is 0 Å². The molecule has 1 aliphatic heterocycles. The molecule has 2 aliphatic carbocycles. The van der Waals surface area contributed by atoms with Gasteiger partial charge in [-0.3, -0.25) is 19.3 Å². The molecule has 6 heteroatoms. The van der Waals surface area contributed by atoms with Crippen LogP contribution in [0, 0.1) is 23.7 Å². The van der Waals surface area contributed by atoms with Crippen molar-refractivity contribution in [2.45, 2.75) is 12.8 Å². The molecule has 2 aromatic rings. The summed E-state index contributed by atoms with van der Waals surface area (Å²) in [5, 5.41) is 12.4. The molecule has 4 atom stereocenters. The molecule has 2 N–H and O–H groups in total. The fourth-order valence-electron chi connectivity index (χ4n) is 4.88. The summed E-state index contributed by atoms with van der Waals surface area (Å²) in [6, 6.07) is 13.5. The monoisotopic (exact) mass is 388 g/mol. The highest BCUT2D eigenvalue weighted by atomic mass is 16.3. The number of rotatable bonds is 4. The van der Waals surface area contributed by atoms with Gasteiger partial charge in [-0.25, -0.2) is 0 Å². The van der Waals surface area contributed by atoms with Crippen molar-refractivity contribution in [2.24, 2.45) is 23.7 Å². The summed E-state index contributed by atoms with van der Waals surface area (Å²) in [6.45, 7) is 0. The van der Waals surface area contributed by atoms with Crippen LogP contribution in [0.4, 0.5) is 11.4 Å². The van der Waals surface area contributed by atoms with Crippen molar-refractivity contribution in [2.75, 3.05) is 10.2 Å². The Morgan fingerprint density at radius 2 is 1.59 bits per heavy atom. The van der Waals surface area contributed by atoms with Gasteiger partial charge >= 0.3 is 0 Å². The molecule has 146 valence electrons. The number of hydrogen-bond donors (Lipinski definition) is 2. The van der Waals surface area contributed by atoms with Gasteiger partial charge < -0.3 is 10.4 Å². The molecule has 0 spiro atoms. The number of nitrogens with one attached hydrogen (secondary N) is 1. The molecule has 0 aromatic heterocycles. The number of fused-ring (bicyclic) bond motifs is 5. The third kappa shape index (κ3) is 2.83. The number of anilines is 2. The number of phenols is 1. The highest BCUT2D eigenvalue weighted by molar-refractivity contribution is 6.22. The maximum atomic E-state index is 12.9. The summed E-state index contributed by atoms with van der Waals surface area (Å²) in [7, 11) is 0. The number of para-hydroxylation sites is 2. The van der Waals surface area contributed by atoms with Gasteiger partial charge in [0.15, 0.2) is 0 Å². The predicted octanol–water partition coefficient (Wildman–Crippen LogP) is 2.88. The third-order valence-electron chi connectivity index (χ3n) is 6.21. The number of nitrogens with zero attached hydrogens (tertiary/aromatic N) is 1. The fourth-order valence-corrected chi connectivity index (χ4v) is 4.88. The summed E-state index contributed by atoms with van der Waals surface area (Å²) in [6.07, 6.45) is 5.18. The third-order valence-corrected chi connectivity index (χ3v) is 6.21. The second-order valence-electron chi connectivity index (χ2n) is 7.92.